The second-order valence-electron chi connectivity index (χ2n) is 21.4. The third-order valence-corrected chi connectivity index (χ3v) is 14.5. The van der Waals surface area contributed by atoms with Crippen molar-refractivity contribution in [2.75, 3.05) is 26.4 Å². The summed E-state index contributed by atoms with van der Waals surface area (Å²) in [4.78, 5) is 13.3. The first-order valence-corrected chi connectivity index (χ1v) is 30.8. The molecule has 3 rings (SSSR count). The average molecular weight is 1190 g/mol. The van der Waals surface area contributed by atoms with Crippen LogP contribution in [0.4, 0.5) is 0 Å². The highest BCUT2D eigenvalue weighted by Crippen LogP contribution is 2.33. The van der Waals surface area contributed by atoms with Gasteiger partial charge in [-0.3, -0.25) is 4.79 Å². The molecule has 478 valence electrons. The molecule has 17 unspecified atom stereocenters. The number of unbranched alkanes of at least 4 members (excludes halogenated alkanes) is 9. The average Bonchev–Trinajstić information content (AvgIpc) is 2.91. The van der Waals surface area contributed by atoms with Crippen molar-refractivity contribution in [2.45, 2.75) is 253 Å². The van der Waals surface area contributed by atoms with Crippen molar-refractivity contribution in [1.82, 2.24) is 5.32 Å². The van der Waals surface area contributed by atoms with Gasteiger partial charge in [-0.2, -0.15) is 0 Å². The van der Waals surface area contributed by atoms with Crippen molar-refractivity contribution in [3.05, 3.63) is 122 Å². The summed E-state index contributed by atoms with van der Waals surface area (Å²) < 4.78 is 34.1. The Hall–Kier alpha value is -3.81. The Morgan fingerprint density at radius 2 is 0.821 bits per heavy atom. The highest BCUT2D eigenvalue weighted by molar-refractivity contribution is 5.76. The van der Waals surface area contributed by atoms with Crippen LogP contribution in [-0.2, 0) is 33.2 Å². The number of hydrogen-bond acceptors (Lipinski definition) is 18. The molecule has 17 atom stereocenters. The van der Waals surface area contributed by atoms with Gasteiger partial charge in [-0.1, -0.05) is 174 Å². The quantitative estimate of drug-likeness (QED) is 0.0243. The van der Waals surface area contributed by atoms with Gasteiger partial charge >= 0.3 is 0 Å². The number of rotatable bonds is 43. The number of carbonyl (C=O) groups is 1. The number of nitrogens with one attached hydrogen (secondary N) is 1. The monoisotopic (exact) mass is 1190 g/mol. The second-order valence-corrected chi connectivity index (χ2v) is 21.4. The Kier molecular flexibility index (Phi) is 41.1. The molecule has 19 heteroatoms. The molecule has 3 fully saturated rings. The summed E-state index contributed by atoms with van der Waals surface area (Å²) in [6, 6.07) is -0.998. The molecule has 3 heterocycles. The van der Waals surface area contributed by atoms with E-state index in [1.807, 2.05) is 6.08 Å². The third kappa shape index (κ3) is 29.3. The molecule has 0 saturated carbocycles. The standard InChI is InChI=1S/C65H105NO18/c1-3-5-7-9-11-13-14-15-16-17-18-19-20-21-22-23-24-25-26-27-28-29-30-31-32-33-34-35-37-39-41-43-53(71)66-48(49(70)42-40-38-36-12-10-8-6-4-2)47-79-63-59(77)56(74)61(51(45-68)81-63)84-65-60(78)57(75)62(52(46-69)82-65)83-64-58(76)55(73)54(72)50(44-67)80-64/h5,7,11,13,15-16,18-19,21-22,24-25,27-28,30-31,33-34,40,42,48-52,54-65,67-70,72-78H,3-4,6,8-10,12,14,17,20,23,26,29,32,35-39,41,43-47H2,1-2H3,(H,66,71)/b7-5-,13-11-,16-15-,19-18-,22-21-,25-24-,28-27-,31-30-,34-33-,42-40+. The zero-order chi connectivity index (χ0) is 61.2. The fourth-order valence-corrected chi connectivity index (χ4v) is 9.47. The van der Waals surface area contributed by atoms with Gasteiger partial charge in [0, 0.05) is 6.42 Å². The van der Waals surface area contributed by atoms with E-state index in [0.717, 1.165) is 109 Å². The lowest BCUT2D eigenvalue weighted by molar-refractivity contribution is -0.379. The van der Waals surface area contributed by atoms with Gasteiger partial charge in [-0.15, -0.1) is 0 Å². The second kappa shape index (κ2) is 46.4. The molecule has 0 bridgehead atoms. The summed E-state index contributed by atoms with van der Waals surface area (Å²) in [7, 11) is 0. The van der Waals surface area contributed by atoms with E-state index in [2.05, 4.69) is 129 Å². The normalized spacial score (nSPS) is 30.0. The fourth-order valence-electron chi connectivity index (χ4n) is 9.47. The number of aliphatic hydroxyl groups is 11. The fraction of sp³-hybridized carbons (Fsp3) is 0.677. The summed E-state index contributed by atoms with van der Waals surface area (Å²) in [5, 5.41) is 120. The van der Waals surface area contributed by atoms with Crippen LogP contribution in [0.5, 0.6) is 0 Å². The summed E-state index contributed by atoms with van der Waals surface area (Å²) in [5.41, 5.74) is 0. The van der Waals surface area contributed by atoms with Crippen LogP contribution < -0.4 is 5.32 Å². The first kappa shape index (κ1) is 74.4. The lowest BCUT2D eigenvalue weighted by atomic mass is 9.96. The maximum absolute atomic E-state index is 13.3. The molecule has 3 saturated heterocycles. The van der Waals surface area contributed by atoms with Crippen LogP contribution in [0, 0.1) is 0 Å². The Bertz CT molecular complexity index is 2000. The molecule has 0 spiro atoms. The van der Waals surface area contributed by atoms with E-state index in [4.69, 9.17) is 28.4 Å². The first-order chi connectivity index (χ1) is 40.8. The number of ether oxygens (including phenoxy) is 6. The maximum Gasteiger partial charge on any atom is 0.220 e. The number of allylic oxidation sites excluding steroid dienone is 19. The predicted octanol–water partition coefficient (Wildman–Crippen LogP) is 6.09. The Morgan fingerprint density at radius 3 is 1.29 bits per heavy atom. The van der Waals surface area contributed by atoms with Crippen molar-refractivity contribution < 1.29 is 89.4 Å². The third-order valence-electron chi connectivity index (χ3n) is 14.5. The summed E-state index contributed by atoms with van der Waals surface area (Å²) in [6.45, 7) is 1.48. The van der Waals surface area contributed by atoms with Crippen molar-refractivity contribution in [3.63, 3.8) is 0 Å². The molecule has 3 aliphatic rings. The molecular weight excluding hydrogens is 1080 g/mol. The lowest BCUT2D eigenvalue weighted by Gasteiger charge is -2.48. The van der Waals surface area contributed by atoms with Crippen LogP contribution in [-0.4, -0.2) is 193 Å². The Labute approximate surface area is 499 Å². The summed E-state index contributed by atoms with van der Waals surface area (Å²) >= 11 is 0. The molecule has 12 N–H and O–H groups in total. The summed E-state index contributed by atoms with van der Waals surface area (Å²) in [6.07, 6.45) is 35.0. The molecule has 0 aromatic rings. The SMILES string of the molecule is CC/C=C\C/C=C\C/C=C\C/C=C\C/C=C\C/C=C\C/C=C\C/C=C\C/C=C\CCCCCC(=O)NC(COC1OC(CO)C(OC2OC(CO)C(OC3OC(CO)C(O)C(O)C3O)C(O)C2O)C(O)C1O)C(O)/C=C/CCCCCCCC. The van der Waals surface area contributed by atoms with Gasteiger partial charge in [0.1, 0.15) is 73.2 Å². The largest absolute Gasteiger partial charge is 0.394 e. The number of carbonyl (C=O) groups excluding carboxylic acids is 1. The lowest BCUT2D eigenvalue weighted by Crippen LogP contribution is -2.66. The minimum Gasteiger partial charge on any atom is -0.394 e. The minimum atomic E-state index is -1.99. The van der Waals surface area contributed by atoms with Gasteiger partial charge in [0.2, 0.25) is 5.91 Å². The topological polar surface area (TPSA) is 307 Å². The van der Waals surface area contributed by atoms with Crippen LogP contribution in [0.25, 0.3) is 0 Å². The number of hydrogen-bond donors (Lipinski definition) is 12. The van der Waals surface area contributed by atoms with Crippen molar-refractivity contribution in [3.8, 4) is 0 Å². The van der Waals surface area contributed by atoms with E-state index in [1.54, 1.807) is 6.08 Å². The highest BCUT2D eigenvalue weighted by Gasteiger charge is 2.53. The molecule has 19 nitrogen and oxygen atoms in total. The number of amides is 1. The van der Waals surface area contributed by atoms with Gasteiger partial charge in [-0.25, -0.2) is 0 Å². The van der Waals surface area contributed by atoms with Gasteiger partial charge in [-0.05, 0) is 89.9 Å². The molecule has 0 aromatic carbocycles. The zero-order valence-corrected chi connectivity index (χ0v) is 49.8. The first-order valence-electron chi connectivity index (χ1n) is 30.8. The van der Waals surface area contributed by atoms with Crippen molar-refractivity contribution >= 4 is 5.91 Å². The van der Waals surface area contributed by atoms with Gasteiger partial charge in [0.05, 0.1) is 38.6 Å². The van der Waals surface area contributed by atoms with Crippen LogP contribution in [0.3, 0.4) is 0 Å². The van der Waals surface area contributed by atoms with E-state index in [0.29, 0.717) is 6.42 Å². The predicted molar refractivity (Wildman–Crippen MR) is 323 cm³/mol. The van der Waals surface area contributed by atoms with Crippen LogP contribution in [0.15, 0.2) is 122 Å². The molecular formula is C65H105NO18. The molecule has 1 amide bonds. The van der Waals surface area contributed by atoms with Gasteiger partial charge in [0.25, 0.3) is 0 Å². The van der Waals surface area contributed by atoms with Crippen LogP contribution in [0.2, 0.25) is 0 Å². The maximum atomic E-state index is 13.3. The van der Waals surface area contributed by atoms with Gasteiger partial charge < -0.3 is 89.9 Å². The molecule has 3 aliphatic heterocycles. The molecule has 0 aromatic heterocycles. The van der Waals surface area contributed by atoms with E-state index in [-0.39, 0.29) is 18.9 Å². The highest BCUT2D eigenvalue weighted by atomic mass is 16.8. The smallest absolute Gasteiger partial charge is 0.220 e. The summed E-state index contributed by atoms with van der Waals surface area (Å²) in [5.74, 6) is -0.318. The number of aliphatic hydroxyl groups excluding tert-OH is 11. The molecule has 0 radical (unpaired) electrons. The zero-order valence-electron chi connectivity index (χ0n) is 49.8. The Balaban J connectivity index is 1.41. The van der Waals surface area contributed by atoms with E-state index in [1.165, 1.54) is 12.8 Å². The van der Waals surface area contributed by atoms with Crippen molar-refractivity contribution in [2.24, 2.45) is 0 Å². The van der Waals surface area contributed by atoms with E-state index >= 15 is 0 Å². The van der Waals surface area contributed by atoms with Crippen molar-refractivity contribution in [1.29, 1.82) is 0 Å². The van der Waals surface area contributed by atoms with Crippen LogP contribution in [0.1, 0.15) is 149 Å². The van der Waals surface area contributed by atoms with E-state index < -0.39 is 124 Å². The minimum absolute atomic E-state index is 0.194. The molecule has 0 aliphatic carbocycles. The molecule has 84 heavy (non-hydrogen) atoms. The Morgan fingerprint density at radius 1 is 0.440 bits per heavy atom. The van der Waals surface area contributed by atoms with Crippen LogP contribution >= 0.6 is 0 Å². The van der Waals surface area contributed by atoms with E-state index in [9.17, 15) is 61.0 Å². The van der Waals surface area contributed by atoms with Gasteiger partial charge in [0.15, 0.2) is 18.9 Å².